The van der Waals surface area contributed by atoms with Crippen LogP contribution in [0, 0.1) is 0 Å². The first kappa shape index (κ1) is 14.6. The molecule has 5 nitrogen and oxygen atoms in total. The smallest absolute Gasteiger partial charge is 0.259 e. The van der Waals surface area contributed by atoms with Crippen molar-refractivity contribution in [2.24, 2.45) is 5.16 Å². The molecule has 2 rings (SSSR count). The van der Waals surface area contributed by atoms with Crippen molar-refractivity contribution in [1.82, 2.24) is 0 Å². The van der Waals surface area contributed by atoms with Gasteiger partial charge in [-0.15, -0.1) is 0 Å². The zero-order valence-electron chi connectivity index (χ0n) is 11.8. The summed E-state index contributed by atoms with van der Waals surface area (Å²) < 4.78 is 5.17. The van der Waals surface area contributed by atoms with Crippen molar-refractivity contribution in [2.45, 2.75) is 6.92 Å². The first-order valence-electron chi connectivity index (χ1n) is 6.39. The van der Waals surface area contributed by atoms with Crippen LogP contribution in [0.2, 0.25) is 0 Å². The van der Waals surface area contributed by atoms with Gasteiger partial charge in [0.1, 0.15) is 5.75 Å². The number of anilines is 1. The molecule has 0 heterocycles. The Morgan fingerprint density at radius 2 is 1.95 bits per heavy atom. The molecule has 0 unspecified atom stereocenters. The minimum absolute atomic E-state index is 0.261. The average molecular weight is 284 g/mol. The number of amides is 1. The third-order valence-corrected chi connectivity index (χ3v) is 3.04. The highest BCUT2D eigenvalue weighted by Gasteiger charge is 2.11. The van der Waals surface area contributed by atoms with Gasteiger partial charge in [0.2, 0.25) is 0 Å². The average Bonchev–Trinajstić information content (AvgIpc) is 2.54. The molecule has 1 amide bonds. The molecule has 0 saturated carbocycles. The van der Waals surface area contributed by atoms with Crippen molar-refractivity contribution >= 4 is 17.3 Å². The number of carbonyl (C=O) groups excluding carboxylic acids is 1. The number of benzene rings is 2. The van der Waals surface area contributed by atoms with Gasteiger partial charge in [-0.05, 0) is 31.2 Å². The molecule has 0 radical (unpaired) electrons. The van der Waals surface area contributed by atoms with E-state index in [1.165, 1.54) is 7.11 Å². The number of nitrogens with zero attached hydrogens (tertiary/aromatic N) is 1. The summed E-state index contributed by atoms with van der Waals surface area (Å²) in [5.74, 6) is 0.252. The van der Waals surface area contributed by atoms with Crippen LogP contribution >= 0.6 is 0 Å². The maximum Gasteiger partial charge on any atom is 0.259 e. The van der Waals surface area contributed by atoms with Gasteiger partial charge < -0.3 is 15.3 Å². The van der Waals surface area contributed by atoms with E-state index in [9.17, 15) is 4.79 Å². The van der Waals surface area contributed by atoms with Gasteiger partial charge in [0.25, 0.3) is 5.91 Å². The molecule has 0 aromatic heterocycles. The van der Waals surface area contributed by atoms with Gasteiger partial charge in [-0.1, -0.05) is 29.4 Å². The van der Waals surface area contributed by atoms with Gasteiger partial charge in [0.15, 0.2) is 0 Å². The van der Waals surface area contributed by atoms with Gasteiger partial charge in [-0.3, -0.25) is 4.79 Å². The fraction of sp³-hybridized carbons (Fsp3) is 0.125. The van der Waals surface area contributed by atoms with E-state index < -0.39 is 0 Å². The molecule has 0 bridgehead atoms. The van der Waals surface area contributed by atoms with Crippen LogP contribution in [0.25, 0.3) is 0 Å². The topological polar surface area (TPSA) is 70.9 Å². The van der Waals surface area contributed by atoms with E-state index in [0.29, 0.717) is 22.7 Å². The van der Waals surface area contributed by atoms with Crippen LogP contribution in [0.4, 0.5) is 5.69 Å². The van der Waals surface area contributed by atoms with E-state index in [-0.39, 0.29) is 5.91 Å². The summed E-state index contributed by atoms with van der Waals surface area (Å²) in [5, 5.41) is 14.7. The monoisotopic (exact) mass is 284 g/mol. The van der Waals surface area contributed by atoms with Crippen molar-refractivity contribution in [3.8, 4) is 5.75 Å². The number of ether oxygens (including phenoxy) is 1. The van der Waals surface area contributed by atoms with Crippen LogP contribution in [-0.2, 0) is 0 Å². The van der Waals surface area contributed by atoms with Crippen molar-refractivity contribution in [2.75, 3.05) is 12.4 Å². The fourth-order valence-corrected chi connectivity index (χ4v) is 1.91. The lowest BCUT2D eigenvalue weighted by molar-refractivity contribution is 0.102. The molecule has 108 valence electrons. The standard InChI is InChI=1S/C16H16N2O3/c1-11(18-20)12-6-5-7-13(10-12)17-16(19)14-8-3-4-9-15(14)21-2/h3-10,20H,1-2H3,(H,17,19)/b18-11+. The van der Waals surface area contributed by atoms with Crippen molar-refractivity contribution in [1.29, 1.82) is 0 Å². The van der Waals surface area contributed by atoms with Crippen molar-refractivity contribution in [3.05, 3.63) is 59.7 Å². The fourth-order valence-electron chi connectivity index (χ4n) is 1.91. The number of carbonyl (C=O) groups is 1. The summed E-state index contributed by atoms with van der Waals surface area (Å²) in [4.78, 5) is 12.3. The molecule has 0 aliphatic heterocycles. The second kappa shape index (κ2) is 6.56. The van der Waals surface area contributed by atoms with Crippen LogP contribution < -0.4 is 10.1 Å². The lowest BCUT2D eigenvalue weighted by Crippen LogP contribution is -2.13. The van der Waals surface area contributed by atoms with E-state index in [1.807, 2.05) is 0 Å². The molecule has 0 aliphatic carbocycles. The van der Waals surface area contributed by atoms with Crippen LogP contribution in [0.5, 0.6) is 5.75 Å². The summed E-state index contributed by atoms with van der Waals surface area (Å²) in [6, 6.07) is 14.1. The van der Waals surface area contributed by atoms with Crippen LogP contribution in [0.3, 0.4) is 0 Å². The van der Waals surface area contributed by atoms with E-state index in [0.717, 1.165) is 5.56 Å². The summed E-state index contributed by atoms with van der Waals surface area (Å²) in [6.07, 6.45) is 0. The molecular formula is C16H16N2O3. The summed E-state index contributed by atoms with van der Waals surface area (Å²) in [7, 11) is 1.52. The first-order valence-corrected chi connectivity index (χ1v) is 6.39. The minimum atomic E-state index is -0.261. The third kappa shape index (κ3) is 3.39. The highest BCUT2D eigenvalue weighted by molar-refractivity contribution is 6.07. The Hall–Kier alpha value is -2.82. The van der Waals surface area contributed by atoms with Crippen LogP contribution in [0.15, 0.2) is 53.7 Å². The second-order valence-corrected chi connectivity index (χ2v) is 4.42. The number of rotatable bonds is 4. The summed E-state index contributed by atoms with van der Waals surface area (Å²) >= 11 is 0. The minimum Gasteiger partial charge on any atom is -0.496 e. The Morgan fingerprint density at radius 3 is 2.67 bits per heavy atom. The number of hydrogen-bond acceptors (Lipinski definition) is 4. The molecule has 21 heavy (non-hydrogen) atoms. The van der Waals surface area contributed by atoms with E-state index >= 15 is 0 Å². The SMILES string of the molecule is COc1ccccc1C(=O)Nc1cccc(/C(C)=N/O)c1. The van der Waals surface area contributed by atoms with Gasteiger partial charge in [-0.25, -0.2) is 0 Å². The Morgan fingerprint density at radius 1 is 1.19 bits per heavy atom. The third-order valence-electron chi connectivity index (χ3n) is 3.04. The molecule has 0 spiro atoms. The lowest BCUT2D eigenvalue weighted by Gasteiger charge is -2.10. The summed E-state index contributed by atoms with van der Waals surface area (Å²) in [5.41, 5.74) is 2.28. The Bertz CT molecular complexity index is 681. The quantitative estimate of drug-likeness (QED) is 0.514. The number of oxime groups is 1. The van der Waals surface area contributed by atoms with E-state index in [1.54, 1.807) is 55.5 Å². The predicted molar refractivity (Wildman–Crippen MR) is 81.4 cm³/mol. The lowest BCUT2D eigenvalue weighted by atomic mass is 10.1. The van der Waals surface area contributed by atoms with Crippen LogP contribution in [0.1, 0.15) is 22.8 Å². The predicted octanol–water partition coefficient (Wildman–Crippen LogP) is 3.15. The maximum atomic E-state index is 12.3. The number of para-hydroxylation sites is 1. The molecular weight excluding hydrogens is 268 g/mol. The second-order valence-electron chi connectivity index (χ2n) is 4.42. The number of nitrogens with one attached hydrogen (secondary N) is 1. The van der Waals surface area contributed by atoms with E-state index in [4.69, 9.17) is 9.94 Å². The van der Waals surface area contributed by atoms with E-state index in [2.05, 4.69) is 10.5 Å². The Labute approximate surface area is 122 Å². The molecule has 0 fully saturated rings. The normalized spacial score (nSPS) is 11.0. The van der Waals surface area contributed by atoms with Crippen LogP contribution in [-0.4, -0.2) is 23.9 Å². The van der Waals surface area contributed by atoms with Gasteiger partial charge in [0, 0.05) is 11.3 Å². The number of hydrogen-bond donors (Lipinski definition) is 2. The Balaban J connectivity index is 2.24. The molecule has 2 aromatic carbocycles. The highest BCUT2D eigenvalue weighted by Crippen LogP contribution is 2.19. The van der Waals surface area contributed by atoms with Gasteiger partial charge in [0.05, 0.1) is 18.4 Å². The van der Waals surface area contributed by atoms with Crippen molar-refractivity contribution in [3.63, 3.8) is 0 Å². The molecule has 2 aromatic rings. The molecule has 0 aliphatic rings. The Kier molecular flexibility index (Phi) is 4.56. The maximum absolute atomic E-state index is 12.3. The zero-order valence-corrected chi connectivity index (χ0v) is 11.8. The summed E-state index contributed by atoms with van der Waals surface area (Å²) in [6.45, 7) is 1.68. The molecule has 0 atom stereocenters. The van der Waals surface area contributed by atoms with Gasteiger partial charge >= 0.3 is 0 Å². The first-order chi connectivity index (χ1) is 10.2. The molecule has 5 heteroatoms. The molecule has 2 N–H and O–H groups in total. The number of methoxy groups -OCH3 is 1. The largest absolute Gasteiger partial charge is 0.496 e. The van der Waals surface area contributed by atoms with Gasteiger partial charge in [-0.2, -0.15) is 0 Å². The highest BCUT2D eigenvalue weighted by atomic mass is 16.5. The zero-order chi connectivity index (χ0) is 15.2. The molecule has 0 saturated heterocycles. The van der Waals surface area contributed by atoms with Crippen molar-refractivity contribution < 1.29 is 14.7 Å².